The first kappa shape index (κ1) is 15.8. The van der Waals surface area contributed by atoms with Crippen molar-refractivity contribution in [2.45, 2.75) is 20.8 Å². The minimum Gasteiger partial charge on any atom is -0.309 e. The van der Waals surface area contributed by atoms with Gasteiger partial charge in [-0.3, -0.25) is 0 Å². The highest BCUT2D eigenvalue weighted by Crippen LogP contribution is 2.43. The Hall–Kier alpha value is -2.11. The van der Waals surface area contributed by atoms with E-state index >= 15 is 0 Å². The van der Waals surface area contributed by atoms with Gasteiger partial charge in [-0.05, 0) is 32.4 Å². The van der Waals surface area contributed by atoms with Crippen molar-refractivity contribution in [3.8, 4) is 0 Å². The first-order valence-electron chi connectivity index (χ1n) is 7.82. The van der Waals surface area contributed by atoms with Gasteiger partial charge in [0.25, 0.3) is 0 Å². The van der Waals surface area contributed by atoms with Crippen LogP contribution in [-0.2, 0) is 4.57 Å². The average molecular weight is 320 g/mol. The maximum Gasteiger partial charge on any atom is 0.171 e. The SMILES string of the molecule is Cc1ccc(P(=O)(c2cccc(C)c2)c2ccccc2C)cc1. The second-order valence-corrected chi connectivity index (χ2v) is 8.80. The Morgan fingerprint density at radius 3 is 2.00 bits per heavy atom. The number of hydrogen-bond donors (Lipinski definition) is 0. The van der Waals surface area contributed by atoms with E-state index < -0.39 is 7.14 Å². The third kappa shape index (κ3) is 2.90. The maximum atomic E-state index is 14.3. The number of hydrogen-bond acceptors (Lipinski definition) is 1. The summed E-state index contributed by atoms with van der Waals surface area (Å²) in [6, 6.07) is 24.2. The summed E-state index contributed by atoms with van der Waals surface area (Å²) in [7, 11) is -2.86. The Labute approximate surface area is 138 Å². The molecule has 0 radical (unpaired) electrons. The van der Waals surface area contributed by atoms with Gasteiger partial charge in [0.1, 0.15) is 0 Å². The van der Waals surface area contributed by atoms with Gasteiger partial charge in [0.2, 0.25) is 0 Å². The fourth-order valence-corrected chi connectivity index (χ4v) is 5.89. The standard InChI is InChI=1S/C21H21OP/c1-16-11-13-19(14-12-16)23(22,20-9-6-7-17(2)15-20)21-10-5-4-8-18(21)3/h4-15H,1-3H3. The van der Waals surface area contributed by atoms with Gasteiger partial charge in [0.05, 0.1) is 0 Å². The van der Waals surface area contributed by atoms with E-state index in [9.17, 15) is 4.57 Å². The van der Waals surface area contributed by atoms with Gasteiger partial charge in [-0.1, -0.05) is 77.9 Å². The molecule has 23 heavy (non-hydrogen) atoms. The molecule has 116 valence electrons. The van der Waals surface area contributed by atoms with Crippen LogP contribution in [-0.4, -0.2) is 0 Å². The molecule has 3 aromatic rings. The first-order valence-corrected chi connectivity index (χ1v) is 9.53. The molecular weight excluding hydrogens is 299 g/mol. The van der Waals surface area contributed by atoms with E-state index in [1.54, 1.807) is 0 Å². The predicted molar refractivity (Wildman–Crippen MR) is 100 cm³/mol. The summed E-state index contributed by atoms with van der Waals surface area (Å²) < 4.78 is 14.3. The minimum absolute atomic E-state index is 0.892. The number of aryl methyl sites for hydroxylation is 3. The topological polar surface area (TPSA) is 17.1 Å². The van der Waals surface area contributed by atoms with Crippen LogP contribution in [0.25, 0.3) is 0 Å². The summed E-state index contributed by atoms with van der Waals surface area (Å²) in [6.45, 7) is 6.13. The van der Waals surface area contributed by atoms with Crippen LogP contribution in [0, 0.1) is 20.8 Å². The van der Waals surface area contributed by atoms with Gasteiger partial charge in [-0.15, -0.1) is 0 Å². The van der Waals surface area contributed by atoms with Crippen molar-refractivity contribution < 1.29 is 4.57 Å². The average Bonchev–Trinajstić information content (AvgIpc) is 2.55. The molecule has 0 amide bonds. The molecule has 3 rings (SSSR count). The zero-order valence-electron chi connectivity index (χ0n) is 13.8. The largest absolute Gasteiger partial charge is 0.309 e. The zero-order chi connectivity index (χ0) is 16.4. The molecule has 0 aliphatic rings. The molecule has 0 saturated heterocycles. The highest BCUT2D eigenvalue weighted by molar-refractivity contribution is 7.85. The van der Waals surface area contributed by atoms with Crippen molar-refractivity contribution in [1.82, 2.24) is 0 Å². The summed E-state index contributed by atoms with van der Waals surface area (Å²) in [5, 5.41) is 2.72. The fraction of sp³-hybridized carbons (Fsp3) is 0.143. The Morgan fingerprint density at radius 1 is 0.652 bits per heavy atom. The smallest absolute Gasteiger partial charge is 0.171 e. The molecule has 1 atom stereocenters. The van der Waals surface area contributed by atoms with Crippen LogP contribution >= 0.6 is 7.14 Å². The van der Waals surface area contributed by atoms with E-state index in [2.05, 4.69) is 6.92 Å². The Bertz CT molecular complexity index is 878. The highest BCUT2D eigenvalue weighted by Gasteiger charge is 2.30. The Kier molecular flexibility index (Phi) is 4.24. The van der Waals surface area contributed by atoms with Crippen LogP contribution in [0.2, 0.25) is 0 Å². The molecule has 0 aliphatic carbocycles. The van der Waals surface area contributed by atoms with Gasteiger partial charge >= 0.3 is 0 Å². The van der Waals surface area contributed by atoms with Gasteiger partial charge < -0.3 is 4.57 Å². The molecular formula is C21H21OP. The van der Waals surface area contributed by atoms with E-state index in [4.69, 9.17) is 0 Å². The molecule has 1 nitrogen and oxygen atoms in total. The third-order valence-corrected chi connectivity index (χ3v) is 7.43. The number of benzene rings is 3. The fourth-order valence-electron chi connectivity index (χ4n) is 2.92. The molecule has 0 aliphatic heterocycles. The second-order valence-electron chi connectivity index (χ2n) is 6.07. The van der Waals surface area contributed by atoms with E-state index in [1.165, 1.54) is 5.56 Å². The predicted octanol–water partition coefficient (Wildman–Crippen LogP) is 4.25. The van der Waals surface area contributed by atoms with E-state index in [0.29, 0.717) is 0 Å². The van der Waals surface area contributed by atoms with Gasteiger partial charge in [0, 0.05) is 15.9 Å². The zero-order valence-corrected chi connectivity index (χ0v) is 14.7. The lowest BCUT2D eigenvalue weighted by atomic mass is 10.2. The van der Waals surface area contributed by atoms with Crippen LogP contribution in [0.4, 0.5) is 0 Å². The van der Waals surface area contributed by atoms with Crippen LogP contribution < -0.4 is 15.9 Å². The molecule has 1 unspecified atom stereocenters. The molecule has 0 N–H and O–H groups in total. The Morgan fingerprint density at radius 2 is 1.35 bits per heavy atom. The molecule has 0 spiro atoms. The van der Waals surface area contributed by atoms with Crippen LogP contribution in [0.15, 0.2) is 72.8 Å². The molecule has 0 bridgehead atoms. The quantitative estimate of drug-likeness (QED) is 0.659. The highest BCUT2D eigenvalue weighted by atomic mass is 31.2. The van der Waals surface area contributed by atoms with Gasteiger partial charge in [-0.2, -0.15) is 0 Å². The number of rotatable bonds is 3. The molecule has 0 aromatic heterocycles. The minimum atomic E-state index is -2.86. The molecule has 0 heterocycles. The van der Waals surface area contributed by atoms with E-state index in [0.717, 1.165) is 27.0 Å². The lowest BCUT2D eigenvalue weighted by Crippen LogP contribution is -2.26. The van der Waals surface area contributed by atoms with E-state index in [-0.39, 0.29) is 0 Å². The van der Waals surface area contributed by atoms with Crippen molar-refractivity contribution in [2.75, 3.05) is 0 Å². The second kappa shape index (κ2) is 6.18. The monoisotopic (exact) mass is 320 g/mol. The van der Waals surface area contributed by atoms with Gasteiger partial charge in [0.15, 0.2) is 7.14 Å². The van der Waals surface area contributed by atoms with Crippen molar-refractivity contribution in [3.05, 3.63) is 89.5 Å². The summed E-state index contributed by atoms with van der Waals surface area (Å²) in [5.41, 5.74) is 3.37. The maximum absolute atomic E-state index is 14.3. The lowest BCUT2D eigenvalue weighted by molar-refractivity contribution is 0.592. The normalized spacial score (nSPS) is 13.5. The van der Waals surface area contributed by atoms with Crippen LogP contribution in [0.3, 0.4) is 0 Å². The molecule has 2 heteroatoms. The lowest BCUT2D eigenvalue weighted by Gasteiger charge is -2.22. The Balaban J connectivity index is 2.32. The molecule has 0 fully saturated rings. The van der Waals surface area contributed by atoms with Gasteiger partial charge in [-0.25, -0.2) is 0 Å². The summed E-state index contributed by atoms with van der Waals surface area (Å²) in [6.07, 6.45) is 0. The van der Waals surface area contributed by atoms with Crippen molar-refractivity contribution in [1.29, 1.82) is 0 Å². The van der Waals surface area contributed by atoms with Crippen molar-refractivity contribution in [3.63, 3.8) is 0 Å². The van der Waals surface area contributed by atoms with Crippen LogP contribution in [0.5, 0.6) is 0 Å². The molecule has 0 saturated carbocycles. The van der Waals surface area contributed by atoms with Crippen molar-refractivity contribution in [2.24, 2.45) is 0 Å². The summed E-state index contributed by atoms with van der Waals surface area (Å²) >= 11 is 0. The van der Waals surface area contributed by atoms with E-state index in [1.807, 2.05) is 86.6 Å². The summed E-state index contributed by atoms with van der Waals surface area (Å²) in [4.78, 5) is 0. The molecule has 3 aromatic carbocycles. The third-order valence-electron chi connectivity index (χ3n) is 4.22. The first-order chi connectivity index (χ1) is 11.0. The van der Waals surface area contributed by atoms with Crippen molar-refractivity contribution >= 4 is 23.1 Å². The summed E-state index contributed by atoms with van der Waals surface area (Å²) in [5.74, 6) is 0. The van der Waals surface area contributed by atoms with Crippen LogP contribution in [0.1, 0.15) is 16.7 Å².